The summed E-state index contributed by atoms with van der Waals surface area (Å²) in [6.07, 6.45) is 19.1. The second kappa shape index (κ2) is 6.55. The summed E-state index contributed by atoms with van der Waals surface area (Å²) >= 11 is 0. The van der Waals surface area contributed by atoms with E-state index in [4.69, 9.17) is 4.18 Å². The Balaban J connectivity index is 1.40. The molecule has 5 nitrogen and oxygen atoms in total. The van der Waals surface area contributed by atoms with E-state index in [1.54, 1.807) is 0 Å². The van der Waals surface area contributed by atoms with E-state index in [0.717, 1.165) is 32.1 Å². The maximum absolute atomic E-state index is 11.6. The lowest BCUT2D eigenvalue weighted by atomic mass is 9.48. The van der Waals surface area contributed by atoms with E-state index >= 15 is 0 Å². The van der Waals surface area contributed by atoms with E-state index in [-0.39, 0.29) is 16.9 Å². The molecule has 4 aliphatic rings. The third-order valence-corrected chi connectivity index (χ3v) is 9.31. The van der Waals surface area contributed by atoms with Crippen LogP contribution < -0.4 is 0 Å². The Morgan fingerprint density at radius 2 is 1.90 bits per heavy atom. The highest BCUT2D eigenvalue weighted by atomic mass is 32.2. The van der Waals surface area contributed by atoms with E-state index in [1.165, 1.54) is 30.4 Å². The lowest BCUT2D eigenvalue weighted by Gasteiger charge is -2.57. The summed E-state index contributed by atoms with van der Waals surface area (Å²) < 4.78 is 30.8. The van der Waals surface area contributed by atoms with Crippen molar-refractivity contribution in [1.29, 1.82) is 0 Å². The zero-order valence-electron chi connectivity index (χ0n) is 17.7. The zero-order chi connectivity index (χ0) is 20.4. The predicted molar refractivity (Wildman–Crippen MR) is 113 cm³/mol. The number of imidazole rings is 1. The first-order chi connectivity index (χ1) is 13.7. The summed E-state index contributed by atoms with van der Waals surface area (Å²) in [5.74, 6) is 2.07. The Hall–Kier alpha value is -1.40. The number of hydrogen-bond acceptors (Lipinski definition) is 4. The van der Waals surface area contributed by atoms with Gasteiger partial charge in [-0.15, -0.1) is 0 Å². The maximum atomic E-state index is 11.6. The van der Waals surface area contributed by atoms with Crippen LogP contribution in [0.4, 0.5) is 0 Å². The third kappa shape index (κ3) is 3.05. The van der Waals surface area contributed by atoms with Gasteiger partial charge >= 0.3 is 0 Å². The first-order valence-corrected chi connectivity index (χ1v) is 12.8. The van der Waals surface area contributed by atoms with Gasteiger partial charge in [0.25, 0.3) is 10.1 Å². The fourth-order valence-corrected chi connectivity index (χ4v) is 7.96. The molecule has 6 heteroatoms. The van der Waals surface area contributed by atoms with E-state index in [9.17, 15) is 8.42 Å². The lowest BCUT2D eigenvalue weighted by molar-refractivity contribution is -0.0217. The molecule has 0 spiro atoms. The number of nitrogens with zero attached hydrogens (tertiary/aromatic N) is 2. The second-order valence-electron chi connectivity index (χ2n) is 10.2. The molecular formula is C23H32N2O3S. The van der Waals surface area contributed by atoms with Crippen molar-refractivity contribution in [1.82, 2.24) is 9.55 Å². The second-order valence-corrected chi connectivity index (χ2v) is 11.8. The molecule has 6 atom stereocenters. The van der Waals surface area contributed by atoms with Crippen LogP contribution in [0.2, 0.25) is 0 Å². The van der Waals surface area contributed by atoms with Crippen LogP contribution in [0.3, 0.4) is 0 Å². The normalized spacial score (nSPS) is 41.8. The largest absolute Gasteiger partial charge is 0.310 e. The topological polar surface area (TPSA) is 61.2 Å². The Morgan fingerprint density at radius 1 is 1.10 bits per heavy atom. The third-order valence-electron chi connectivity index (χ3n) is 8.69. The van der Waals surface area contributed by atoms with E-state index in [1.807, 2.05) is 12.5 Å². The van der Waals surface area contributed by atoms with Gasteiger partial charge in [0.15, 0.2) is 0 Å². The molecule has 0 aliphatic heterocycles. The number of hydrogen-bond donors (Lipinski definition) is 0. The van der Waals surface area contributed by atoms with E-state index in [2.05, 4.69) is 41.7 Å². The van der Waals surface area contributed by atoms with Crippen molar-refractivity contribution in [2.24, 2.45) is 28.6 Å². The highest BCUT2D eigenvalue weighted by molar-refractivity contribution is 7.86. The van der Waals surface area contributed by atoms with Crippen LogP contribution in [-0.4, -0.2) is 30.3 Å². The molecule has 0 radical (unpaired) electrons. The summed E-state index contributed by atoms with van der Waals surface area (Å²) in [6.45, 7) is 4.90. The fourth-order valence-electron chi connectivity index (χ4n) is 7.30. The molecule has 4 aliphatic carbocycles. The number of fused-ring (bicyclic) bond motifs is 5. The van der Waals surface area contributed by atoms with Crippen molar-refractivity contribution in [3.05, 3.63) is 36.4 Å². The minimum atomic E-state index is -3.39. The van der Waals surface area contributed by atoms with Gasteiger partial charge in [0.05, 0.1) is 18.7 Å². The van der Waals surface area contributed by atoms with Gasteiger partial charge in [-0.3, -0.25) is 4.18 Å². The van der Waals surface area contributed by atoms with Crippen molar-refractivity contribution in [2.75, 3.05) is 6.26 Å². The van der Waals surface area contributed by atoms with Crippen LogP contribution in [0.1, 0.15) is 58.8 Å². The average Bonchev–Trinajstić information content (AvgIpc) is 3.27. The van der Waals surface area contributed by atoms with E-state index in [0.29, 0.717) is 17.8 Å². The summed E-state index contributed by atoms with van der Waals surface area (Å²) in [5, 5.41) is 0. The van der Waals surface area contributed by atoms with Gasteiger partial charge in [0.2, 0.25) is 0 Å². The Bertz CT molecular complexity index is 964. The van der Waals surface area contributed by atoms with Gasteiger partial charge in [0.1, 0.15) is 0 Å². The molecule has 0 bridgehead atoms. The summed E-state index contributed by atoms with van der Waals surface area (Å²) in [7, 11) is -3.39. The molecule has 1 aromatic heterocycles. The summed E-state index contributed by atoms with van der Waals surface area (Å²) in [5.41, 5.74) is 3.30. The average molecular weight is 417 g/mol. The van der Waals surface area contributed by atoms with Gasteiger partial charge in [-0.05, 0) is 68.1 Å². The van der Waals surface area contributed by atoms with Crippen LogP contribution in [0.5, 0.6) is 0 Å². The minimum Gasteiger partial charge on any atom is -0.310 e. The van der Waals surface area contributed by atoms with Crippen LogP contribution in [-0.2, 0) is 14.3 Å². The highest BCUT2D eigenvalue weighted by Crippen LogP contribution is 2.65. The highest BCUT2D eigenvalue weighted by Gasteiger charge is 2.57. The Kier molecular flexibility index (Phi) is 4.42. The van der Waals surface area contributed by atoms with E-state index < -0.39 is 10.1 Å². The van der Waals surface area contributed by atoms with Crippen LogP contribution >= 0.6 is 0 Å². The molecule has 0 amide bonds. The summed E-state index contributed by atoms with van der Waals surface area (Å²) in [6, 6.07) is 0. The lowest BCUT2D eigenvalue weighted by Crippen LogP contribution is -2.50. The minimum absolute atomic E-state index is 0.185. The molecule has 0 saturated heterocycles. The standard InChI is InChI=1S/C23H32N2O3S/c1-22-10-8-17(28-29(3,26)27)14-16(22)4-5-18-19-6-7-21(25-13-12-24-15-25)23(19,2)11-9-20(18)22/h4,7,12-13,15,17-20H,5-6,8-11,14H2,1-3H3/t17-,18?,19?,20?,22-,23-/m0/s1. The molecule has 2 saturated carbocycles. The number of rotatable bonds is 3. The van der Waals surface area contributed by atoms with Crippen molar-refractivity contribution in [2.45, 2.75) is 64.9 Å². The molecule has 0 aromatic carbocycles. The molecule has 2 fully saturated rings. The van der Waals surface area contributed by atoms with Crippen molar-refractivity contribution < 1.29 is 12.6 Å². The number of aromatic nitrogens is 2. The predicted octanol–water partition coefficient (Wildman–Crippen LogP) is 4.64. The van der Waals surface area contributed by atoms with Crippen LogP contribution in [0.15, 0.2) is 36.4 Å². The first kappa shape index (κ1) is 19.6. The van der Waals surface area contributed by atoms with Gasteiger partial charge in [-0.2, -0.15) is 8.42 Å². The first-order valence-electron chi connectivity index (χ1n) is 11.0. The quantitative estimate of drug-likeness (QED) is 0.532. The molecular weight excluding hydrogens is 384 g/mol. The molecule has 0 N–H and O–H groups in total. The zero-order valence-corrected chi connectivity index (χ0v) is 18.5. The Morgan fingerprint density at radius 3 is 2.62 bits per heavy atom. The Labute approximate surface area is 174 Å². The monoisotopic (exact) mass is 416 g/mol. The molecule has 3 unspecified atom stereocenters. The van der Waals surface area contributed by atoms with Crippen molar-refractivity contribution in [3.63, 3.8) is 0 Å². The van der Waals surface area contributed by atoms with Gasteiger partial charge < -0.3 is 4.57 Å². The van der Waals surface area contributed by atoms with Gasteiger partial charge in [0, 0.05) is 23.5 Å². The van der Waals surface area contributed by atoms with Gasteiger partial charge in [-0.1, -0.05) is 31.6 Å². The summed E-state index contributed by atoms with van der Waals surface area (Å²) in [4.78, 5) is 4.27. The van der Waals surface area contributed by atoms with Crippen molar-refractivity contribution in [3.8, 4) is 0 Å². The molecule has 1 heterocycles. The molecule has 29 heavy (non-hydrogen) atoms. The molecule has 158 valence electrons. The molecule has 1 aromatic rings. The molecule has 5 rings (SSSR count). The van der Waals surface area contributed by atoms with Crippen molar-refractivity contribution >= 4 is 15.8 Å². The SMILES string of the molecule is C[C@]12CC[C@H](OS(C)(=O)=O)CC1=CCC1C2CC[C@]2(C)C(n3ccnc3)=CCC12. The smallest absolute Gasteiger partial charge is 0.264 e. The maximum Gasteiger partial charge on any atom is 0.264 e. The van der Waals surface area contributed by atoms with Gasteiger partial charge in [-0.25, -0.2) is 4.98 Å². The van der Waals surface area contributed by atoms with Crippen LogP contribution in [0, 0.1) is 28.6 Å². The fraction of sp³-hybridized carbons (Fsp3) is 0.696. The number of allylic oxidation sites excluding steroid dienone is 3. The van der Waals surface area contributed by atoms with Crippen LogP contribution in [0.25, 0.3) is 5.70 Å².